The van der Waals surface area contributed by atoms with Crippen molar-refractivity contribution in [3.63, 3.8) is 0 Å². The molecule has 0 aliphatic carbocycles. The molecule has 7 aromatic carbocycles. The molecule has 0 bridgehead atoms. The summed E-state index contributed by atoms with van der Waals surface area (Å²) in [6.07, 6.45) is -6.09. The van der Waals surface area contributed by atoms with Crippen molar-refractivity contribution < 1.29 is 42.9 Å². The van der Waals surface area contributed by atoms with Crippen LogP contribution in [0.25, 0.3) is 5.69 Å². The maximum Gasteiger partial charge on any atom is 0.338 e. The Morgan fingerprint density at radius 2 is 1.07 bits per heavy atom. The highest BCUT2D eigenvalue weighted by Crippen LogP contribution is 2.38. The minimum absolute atomic E-state index is 0.154. The van der Waals surface area contributed by atoms with Crippen molar-refractivity contribution >= 4 is 70.0 Å². The summed E-state index contributed by atoms with van der Waals surface area (Å²) in [5.74, 6) is -3.15. The molecule has 16 heteroatoms. The van der Waals surface area contributed by atoms with Crippen LogP contribution >= 0.6 is 34.7 Å². The number of esters is 4. The Bertz CT molecular complexity index is 3310. The number of aryl methyl sites for hydroxylation is 1. The van der Waals surface area contributed by atoms with E-state index in [1.807, 2.05) is 67.6 Å². The van der Waals surface area contributed by atoms with E-state index >= 15 is 0 Å². The molecule has 0 N–H and O–H groups in total. The maximum atomic E-state index is 14.4. The van der Waals surface area contributed by atoms with Crippen LogP contribution in [0.3, 0.4) is 0 Å². The van der Waals surface area contributed by atoms with Gasteiger partial charge < -0.3 is 23.7 Å². The van der Waals surface area contributed by atoms with Crippen LogP contribution in [0.2, 0.25) is 5.02 Å². The Morgan fingerprint density at radius 1 is 0.583 bits per heavy atom. The lowest BCUT2D eigenvalue weighted by molar-refractivity contribution is -0.207. The number of rotatable bonds is 14. The molecule has 13 nitrogen and oxygen atoms in total. The zero-order valence-electron chi connectivity index (χ0n) is 38.3. The lowest BCUT2D eigenvalue weighted by Gasteiger charge is -2.44. The largest absolute Gasteiger partial charge is 0.459 e. The predicted molar refractivity (Wildman–Crippen MR) is 273 cm³/mol. The molecule has 0 unspecified atom stereocenters. The van der Waals surface area contributed by atoms with Gasteiger partial charge in [-0.1, -0.05) is 149 Å². The second-order valence-electron chi connectivity index (χ2n) is 16.1. The van der Waals surface area contributed by atoms with Crippen molar-refractivity contribution in [3.05, 3.63) is 243 Å². The Morgan fingerprint density at radius 3 is 1.61 bits per heavy atom. The number of thioether (sulfide) groups is 1. The van der Waals surface area contributed by atoms with Crippen molar-refractivity contribution in [3.8, 4) is 5.69 Å². The number of nitrogens with zero attached hydrogens (tertiary/aromatic N) is 4. The van der Waals surface area contributed by atoms with E-state index in [2.05, 4.69) is 0 Å². The van der Waals surface area contributed by atoms with Crippen LogP contribution in [0.15, 0.2) is 215 Å². The highest BCUT2D eigenvalue weighted by molar-refractivity contribution is 7.99. The van der Waals surface area contributed by atoms with Crippen molar-refractivity contribution in [1.82, 2.24) is 9.55 Å². The van der Waals surface area contributed by atoms with E-state index < -0.39 is 60.3 Å². The summed E-state index contributed by atoms with van der Waals surface area (Å²) < 4.78 is 33.7. The zero-order valence-corrected chi connectivity index (χ0v) is 40.7. The fourth-order valence-corrected chi connectivity index (χ4v) is 9.84. The van der Waals surface area contributed by atoms with Crippen LogP contribution in [-0.2, 0) is 23.7 Å². The molecule has 5 atom stereocenters. The first-order valence-corrected chi connectivity index (χ1v) is 24.7. The van der Waals surface area contributed by atoms with Crippen LogP contribution in [0, 0.1) is 6.92 Å². The molecule has 360 valence electrons. The lowest BCUT2D eigenvalue weighted by atomic mass is 9.98. The molecule has 0 amide bonds. The molecule has 0 radical (unpaired) electrons. The Hall–Kier alpha value is -7.95. The van der Waals surface area contributed by atoms with Crippen molar-refractivity contribution in [1.29, 1.82) is 0 Å². The van der Waals surface area contributed by atoms with Gasteiger partial charge in [0, 0.05) is 5.02 Å². The van der Waals surface area contributed by atoms with E-state index in [1.165, 1.54) is 11.3 Å². The van der Waals surface area contributed by atoms with Gasteiger partial charge in [0.05, 0.1) is 39.3 Å². The molecular formula is C56H43ClN4O9S2. The van der Waals surface area contributed by atoms with Gasteiger partial charge in [0.15, 0.2) is 33.7 Å². The average Bonchev–Trinajstić information content (AvgIpc) is 3.41. The topological polar surface area (TPSA) is 157 Å². The molecule has 8 aromatic rings. The van der Waals surface area contributed by atoms with Gasteiger partial charge in [0.2, 0.25) is 4.80 Å². The van der Waals surface area contributed by atoms with Crippen molar-refractivity contribution in [2.45, 2.75) is 41.9 Å². The highest BCUT2D eigenvalue weighted by Gasteiger charge is 2.54. The molecule has 1 saturated heterocycles. The quantitative estimate of drug-likeness (QED) is 0.0754. The molecule has 0 saturated carbocycles. The van der Waals surface area contributed by atoms with E-state index in [9.17, 15) is 19.2 Å². The number of para-hydroxylation sites is 1. The highest BCUT2D eigenvalue weighted by atomic mass is 35.5. The van der Waals surface area contributed by atoms with E-state index in [0.29, 0.717) is 26.9 Å². The molecular weight excluding hydrogens is 972 g/mol. The second kappa shape index (κ2) is 23.3. The molecule has 1 aliphatic heterocycles. The molecule has 0 spiro atoms. The van der Waals surface area contributed by atoms with Crippen LogP contribution in [-0.4, -0.2) is 69.9 Å². The fraction of sp³-hybridized carbons (Fsp3) is 0.125. The number of aromatic nitrogens is 2. The van der Waals surface area contributed by atoms with Gasteiger partial charge in [-0.15, -0.1) is 0 Å². The van der Waals surface area contributed by atoms with E-state index in [0.717, 1.165) is 17.3 Å². The SMILES string of the molecule is Cc1ccc(N=c2nc(S[C@@H]3O[C@H](COC(=O)c4ccccc4)[C@@H](OC(=O)c4ccccc4)[C@H](OC(=O)c4ccccc4)[C@H]3OC(=O)c3ccccc3)n(-c3cccc(Cl)c3)c(=Nc3ccccc3)s2)cc1. The van der Waals surface area contributed by atoms with Gasteiger partial charge in [0.25, 0.3) is 0 Å². The number of carbonyl (C=O) groups is 4. The second-order valence-corrected chi connectivity index (χ2v) is 18.5. The van der Waals surface area contributed by atoms with Gasteiger partial charge in [-0.2, -0.15) is 4.98 Å². The Labute approximate surface area is 427 Å². The summed E-state index contributed by atoms with van der Waals surface area (Å²) in [6.45, 7) is 1.46. The van der Waals surface area contributed by atoms with Crippen molar-refractivity contribution in [2.24, 2.45) is 9.98 Å². The number of benzene rings is 7. The molecule has 2 heterocycles. The number of ether oxygens (including phenoxy) is 5. The summed E-state index contributed by atoms with van der Waals surface area (Å²) in [6, 6.07) is 57.0. The summed E-state index contributed by atoms with van der Waals surface area (Å²) in [7, 11) is 0. The number of carbonyl (C=O) groups excluding carboxylic acids is 4. The van der Waals surface area contributed by atoms with Gasteiger partial charge in [-0.05, 0) is 97.9 Å². The smallest absolute Gasteiger partial charge is 0.338 e. The molecule has 9 rings (SSSR count). The summed E-state index contributed by atoms with van der Waals surface area (Å²) >= 11 is 8.88. The average molecular weight is 1020 g/mol. The Balaban J connectivity index is 1.25. The normalized spacial score (nSPS) is 17.9. The number of halogens is 1. The summed E-state index contributed by atoms with van der Waals surface area (Å²) in [5.41, 5.74) is 2.20. The van der Waals surface area contributed by atoms with E-state index in [4.69, 9.17) is 50.3 Å². The number of hydrogen-bond donors (Lipinski definition) is 0. The van der Waals surface area contributed by atoms with E-state index in [-0.39, 0.29) is 32.2 Å². The predicted octanol–water partition coefficient (Wildman–Crippen LogP) is 10.7. The van der Waals surface area contributed by atoms with Gasteiger partial charge in [-0.25, -0.2) is 29.2 Å². The first-order chi connectivity index (χ1) is 35.1. The first-order valence-electron chi connectivity index (χ1n) is 22.6. The lowest BCUT2D eigenvalue weighted by Crippen LogP contribution is -2.62. The minimum Gasteiger partial charge on any atom is -0.459 e. The van der Waals surface area contributed by atoms with Gasteiger partial charge in [-0.3, -0.25) is 4.57 Å². The number of hydrogen-bond acceptors (Lipinski definition) is 14. The van der Waals surface area contributed by atoms with Crippen LogP contribution in [0.4, 0.5) is 11.4 Å². The van der Waals surface area contributed by atoms with Crippen LogP contribution in [0.1, 0.15) is 47.0 Å². The molecule has 72 heavy (non-hydrogen) atoms. The van der Waals surface area contributed by atoms with Crippen LogP contribution < -0.4 is 9.60 Å². The molecule has 1 aromatic heterocycles. The first kappa shape index (κ1) is 49.0. The standard InChI is InChI=1S/C56H43ClN4O9S2/c1-36-30-32-43(33-31-36)58-54-60-56(61(44-29-17-26-41(57)34-44)55(72-54)59-42-27-15-6-16-28-42)71-53-48(70-52(65)40-24-13-5-14-25-40)47(69-51(64)39-22-11-4-12-23-39)46(68-50(63)38-20-9-3-10-21-38)45(67-53)35-66-49(62)37-18-7-2-8-19-37/h2-34,45-48,53H,35H2,1H3/t45-,46-,47+,48-,53+/m1/s1. The zero-order chi connectivity index (χ0) is 49.8. The minimum atomic E-state index is -1.61. The molecule has 1 aliphatic rings. The summed E-state index contributed by atoms with van der Waals surface area (Å²) in [5, 5.41) is 0.634. The van der Waals surface area contributed by atoms with Crippen molar-refractivity contribution in [2.75, 3.05) is 6.61 Å². The van der Waals surface area contributed by atoms with E-state index in [1.54, 1.807) is 144 Å². The van der Waals surface area contributed by atoms with Gasteiger partial charge in [0.1, 0.15) is 12.7 Å². The van der Waals surface area contributed by atoms with Gasteiger partial charge >= 0.3 is 23.9 Å². The fourth-order valence-electron chi connectivity index (χ4n) is 7.47. The monoisotopic (exact) mass is 1010 g/mol. The van der Waals surface area contributed by atoms with Crippen LogP contribution in [0.5, 0.6) is 0 Å². The third-order valence-electron chi connectivity index (χ3n) is 11.0. The molecule has 1 fully saturated rings. The maximum absolute atomic E-state index is 14.4. The summed E-state index contributed by atoms with van der Waals surface area (Å²) in [4.78, 5) is 72.5. The third-order valence-corrected chi connectivity index (χ3v) is 13.2. The Kier molecular flexibility index (Phi) is 15.9. The third kappa shape index (κ3) is 12.3.